The lowest BCUT2D eigenvalue weighted by molar-refractivity contribution is -0.115. The largest absolute Gasteiger partial charge is 0.315 e. The van der Waals surface area contributed by atoms with Gasteiger partial charge in [0.15, 0.2) is 0 Å². The number of hydrogen-bond donors (Lipinski definition) is 0. The van der Waals surface area contributed by atoms with E-state index in [1.165, 1.54) is 21.8 Å². The number of rotatable bonds is 4. The third kappa shape index (κ3) is 5.93. The topological polar surface area (TPSA) is 20.3 Å². The fourth-order valence-corrected chi connectivity index (χ4v) is 2.45. The highest BCUT2D eigenvalue weighted by Gasteiger charge is 2.03. The highest BCUT2D eigenvalue weighted by molar-refractivity contribution is 9.11. The van der Waals surface area contributed by atoms with Gasteiger partial charge in [0.25, 0.3) is 0 Å². The summed E-state index contributed by atoms with van der Waals surface area (Å²) in [4.78, 5) is 12.6. The van der Waals surface area contributed by atoms with Crippen LogP contribution in [-0.4, -0.2) is 18.4 Å². The fourth-order valence-electron chi connectivity index (χ4n) is 0.976. The average Bonchev–Trinajstić information content (AvgIpc) is 2.74. The quantitative estimate of drug-likeness (QED) is 0.589. The molecule has 0 N–H and O–H groups in total. The van der Waals surface area contributed by atoms with E-state index in [1.807, 2.05) is 0 Å². The van der Waals surface area contributed by atoms with Crippen LogP contribution in [-0.2, 0) is 4.79 Å². The minimum Gasteiger partial charge on any atom is -0.315 e. The number of carbonyl (C=O) groups excluding carboxylic acids is 1. The second kappa shape index (κ2) is 8.83. The van der Waals surface area contributed by atoms with Crippen LogP contribution in [0.15, 0.2) is 52.8 Å². The number of carbonyl (C=O) groups is 1. The molecule has 0 aliphatic carbocycles. The van der Waals surface area contributed by atoms with E-state index < -0.39 is 5.83 Å². The highest BCUT2D eigenvalue weighted by atomic mass is 79.9. The molecule has 0 bridgehead atoms. The molecule has 5 heteroatoms. The molecule has 98 valence electrons. The molecule has 2 nitrogen and oxygen atoms in total. The first-order valence-electron chi connectivity index (χ1n) is 5.01. The Kier molecular flexibility index (Phi) is 8.24. The standard InChI is InChI=1S/C8H10FNO.C5H5BrS/c1-4-7(9)8(5-2)10(3)6-11;1-4-2-3-5(6)7-4/h4-6H,1-2H2,3H3;2-3H,1H3/b8-7-;. The number of allylic oxidation sites excluding steroid dienone is 3. The van der Waals surface area contributed by atoms with Crippen LogP contribution in [0.2, 0.25) is 0 Å². The Morgan fingerprint density at radius 1 is 1.44 bits per heavy atom. The number of nitrogens with zero attached hydrogens (tertiary/aromatic N) is 1. The van der Waals surface area contributed by atoms with Crippen LogP contribution in [0, 0.1) is 6.92 Å². The van der Waals surface area contributed by atoms with Crippen molar-refractivity contribution in [1.82, 2.24) is 4.90 Å². The molecule has 1 aromatic heterocycles. The Balaban J connectivity index is 0.000000351. The summed E-state index contributed by atoms with van der Waals surface area (Å²) >= 11 is 5.11. The molecule has 1 amide bonds. The van der Waals surface area contributed by atoms with Crippen molar-refractivity contribution in [3.63, 3.8) is 0 Å². The van der Waals surface area contributed by atoms with Gasteiger partial charge in [-0.25, -0.2) is 4.39 Å². The molecule has 0 spiro atoms. The Hall–Kier alpha value is -1.20. The van der Waals surface area contributed by atoms with E-state index >= 15 is 0 Å². The molecule has 0 aliphatic rings. The maximum atomic E-state index is 12.7. The summed E-state index contributed by atoms with van der Waals surface area (Å²) in [6, 6.07) is 4.15. The fraction of sp³-hybridized carbons (Fsp3) is 0.154. The Bertz CT molecular complexity index is 437. The van der Waals surface area contributed by atoms with Crippen LogP contribution < -0.4 is 0 Å². The first-order chi connectivity index (χ1) is 8.46. The van der Waals surface area contributed by atoms with E-state index in [0.29, 0.717) is 6.41 Å². The van der Waals surface area contributed by atoms with Crippen LogP contribution in [0.1, 0.15) is 4.88 Å². The van der Waals surface area contributed by atoms with E-state index in [9.17, 15) is 9.18 Å². The van der Waals surface area contributed by atoms with Crippen LogP contribution in [0.25, 0.3) is 0 Å². The lowest BCUT2D eigenvalue weighted by Crippen LogP contribution is -2.14. The molecule has 1 rings (SSSR count). The number of amides is 1. The van der Waals surface area contributed by atoms with Crippen LogP contribution in [0.3, 0.4) is 0 Å². The van der Waals surface area contributed by atoms with Crippen LogP contribution in [0.5, 0.6) is 0 Å². The normalized spacial score (nSPS) is 10.7. The second-order valence-corrected chi connectivity index (χ2v) is 5.88. The van der Waals surface area contributed by atoms with Crippen molar-refractivity contribution >= 4 is 33.7 Å². The molecule has 1 heterocycles. The zero-order chi connectivity index (χ0) is 14.1. The van der Waals surface area contributed by atoms with Gasteiger partial charge in [0.05, 0.1) is 9.48 Å². The van der Waals surface area contributed by atoms with Crippen molar-refractivity contribution < 1.29 is 9.18 Å². The summed E-state index contributed by atoms with van der Waals surface area (Å²) in [6.45, 7) is 8.67. The number of thiophene rings is 1. The van der Waals surface area contributed by atoms with Gasteiger partial charge in [-0.15, -0.1) is 11.3 Å². The van der Waals surface area contributed by atoms with Crippen molar-refractivity contribution in [2.75, 3.05) is 7.05 Å². The summed E-state index contributed by atoms with van der Waals surface area (Å²) in [5.41, 5.74) is 0.120. The molecule has 0 aliphatic heterocycles. The molecule has 0 atom stereocenters. The molecule has 0 aromatic carbocycles. The van der Waals surface area contributed by atoms with Crippen molar-refractivity contribution in [3.05, 3.63) is 57.6 Å². The summed E-state index contributed by atoms with van der Waals surface area (Å²) in [5, 5.41) is 0. The van der Waals surface area contributed by atoms with E-state index in [0.717, 1.165) is 11.0 Å². The van der Waals surface area contributed by atoms with Crippen molar-refractivity contribution in [1.29, 1.82) is 0 Å². The van der Waals surface area contributed by atoms with Gasteiger partial charge in [-0.1, -0.05) is 13.2 Å². The lowest BCUT2D eigenvalue weighted by atomic mass is 10.3. The van der Waals surface area contributed by atoms with Gasteiger partial charge in [0, 0.05) is 11.9 Å². The maximum Gasteiger partial charge on any atom is 0.213 e. The Morgan fingerprint density at radius 3 is 2.28 bits per heavy atom. The van der Waals surface area contributed by atoms with Crippen molar-refractivity contribution in [2.24, 2.45) is 0 Å². The summed E-state index contributed by atoms with van der Waals surface area (Å²) in [7, 11) is 1.44. The number of aryl methyl sites for hydroxylation is 1. The first-order valence-corrected chi connectivity index (χ1v) is 6.61. The average molecular weight is 332 g/mol. The highest BCUT2D eigenvalue weighted by Crippen LogP contribution is 2.20. The van der Waals surface area contributed by atoms with Gasteiger partial charge >= 0.3 is 0 Å². The van der Waals surface area contributed by atoms with Crippen molar-refractivity contribution in [3.8, 4) is 0 Å². The van der Waals surface area contributed by atoms with Gasteiger partial charge in [-0.05, 0) is 47.1 Å². The van der Waals surface area contributed by atoms with Gasteiger partial charge in [-0.2, -0.15) is 0 Å². The molecular formula is C13H15BrFNOS. The maximum absolute atomic E-state index is 12.7. The third-order valence-electron chi connectivity index (χ3n) is 1.86. The zero-order valence-electron chi connectivity index (χ0n) is 10.3. The predicted octanol–water partition coefficient (Wildman–Crippen LogP) is 4.45. The number of likely N-dealkylation sites (N-methyl/N-ethyl adjacent to an activating group) is 1. The smallest absolute Gasteiger partial charge is 0.213 e. The van der Waals surface area contributed by atoms with E-state index in [-0.39, 0.29) is 5.70 Å². The predicted molar refractivity (Wildman–Crippen MR) is 79.1 cm³/mol. The SMILES string of the molecule is C=C/C(F)=C(\C=C)N(C)C=O.Cc1ccc(Br)s1. The monoisotopic (exact) mass is 331 g/mol. The molecule has 0 fully saturated rings. The minimum absolute atomic E-state index is 0.120. The van der Waals surface area contributed by atoms with Gasteiger partial charge < -0.3 is 4.90 Å². The number of hydrogen-bond acceptors (Lipinski definition) is 2. The van der Waals surface area contributed by atoms with E-state index in [2.05, 4.69) is 48.1 Å². The summed E-state index contributed by atoms with van der Waals surface area (Å²) < 4.78 is 13.9. The van der Waals surface area contributed by atoms with Gasteiger partial charge in [-0.3, -0.25) is 4.79 Å². The minimum atomic E-state index is -0.561. The molecule has 0 unspecified atom stereocenters. The summed E-state index contributed by atoms with van der Waals surface area (Å²) in [5.74, 6) is -0.561. The Labute approximate surface area is 119 Å². The molecule has 18 heavy (non-hydrogen) atoms. The molecule has 0 saturated carbocycles. The van der Waals surface area contributed by atoms with E-state index in [1.54, 1.807) is 11.3 Å². The third-order valence-corrected chi connectivity index (χ3v) is 3.40. The Morgan fingerprint density at radius 2 is 2.06 bits per heavy atom. The molecular weight excluding hydrogens is 317 g/mol. The van der Waals surface area contributed by atoms with Gasteiger partial charge in [0.1, 0.15) is 5.83 Å². The lowest BCUT2D eigenvalue weighted by Gasteiger charge is -2.10. The van der Waals surface area contributed by atoms with Crippen LogP contribution >= 0.6 is 27.3 Å². The first kappa shape index (κ1) is 16.8. The molecule has 0 saturated heterocycles. The van der Waals surface area contributed by atoms with E-state index in [4.69, 9.17) is 0 Å². The van der Waals surface area contributed by atoms with Crippen LogP contribution in [0.4, 0.5) is 4.39 Å². The summed E-state index contributed by atoms with van der Waals surface area (Å²) in [6.07, 6.45) is 2.78. The molecule has 1 aromatic rings. The van der Waals surface area contributed by atoms with Gasteiger partial charge in [0.2, 0.25) is 6.41 Å². The second-order valence-electron chi connectivity index (χ2n) is 3.21. The molecule has 0 radical (unpaired) electrons. The number of halogens is 2. The zero-order valence-corrected chi connectivity index (χ0v) is 12.7. The van der Waals surface area contributed by atoms with Crippen molar-refractivity contribution in [2.45, 2.75) is 6.92 Å².